The minimum absolute atomic E-state index is 0.194. The van der Waals surface area contributed by atoms with Crippen LogP contribution in [0.1, 0.15) is 48.9 Å². The number of halogens is 1. The molecule has 0 fully saturated rings. The lowest BCUT2D eigenvalue weighted by atomic mass is 9.96. The molecule has 220 valence electrons. The van der Waals surface area contributed by atoms with E-state index in [0.29, 0.717) is 45.4 Å². The average Bonchev–Trinajstić information content (AvgIpc) is 3.00. The number of hydrogen-bond acceptors (Lipinski definition) is 6. The number of aryl methyl sites for hydroxylation is 1. The molecule has 0 spiro atoms. The fourth-order valence-corrected chi connectivity index (χ4v) is 5.10. The van der Waals surface area contributed by atoms with E-state index in [2.05, 4.69) is 19.9 Å². The van der Waals surface area contributed by atoms with Crippen LogP contribution in [0.15, 0.2) is 88.8 Å². The number of benzene rings is 4. The molecule has 0 N–H and O–H groups in total. The lowest BCUT2D eigenvalue weighted by Gasteiger charge is -2.18. The highest BCUT2D eigenvalue weighted by Gasteiger charge is 2.19. The zero-order valence-electron chi connectivity index (χ0n) is 24.9. The zero-order valence-corrected chi connectivity index (χ0v) is 25.7. The van der Waals surface area contributed by atoms with Gasteiger partial charge in [-0.2, -0.15) is 9.78 Å². The Bertz CT molecular complexity index is 1860. The van der Waals surface area contributed by atoms with Crippen molar-refractivity contribution in [2.75, 3.05) is 13.7 Å². The van der Waals surface area contributed by atoms with Crippen molar-refractivity contribution in [3.63, 3.8) is 0 Å². The fourth-order valence-electron chi connectivity index (χ4n) is 4.91. The van der Waals surface area contributed by atoms with Crippen LogP contribution < -0.4 is 19.8 Å². The lowest BCUT2D eigenvalue weighted by molar-refractivity contribution is 0.284. The average molecular weight is 596 g/mol. The normalized spacial score (nSPS) is 11.4. The second-order valence-corrected chi connectivity index (χ2v) is 10.8. The first kappa shape index (κ1) is 29.9. The van der Waals surface area contributed by atoms with E-state index in [1.807, 2.05) is 80.6 Å². The molecule has 0 aliphatic heterocycles. The first-order valence-corrected chi connectivity index (χ1v) is 14.6. The first-order valence-electron chi connectivity index (χ1n) is 14.2. The molecule has 0 bridgehead atoms. The molecule has 0 aliphatic carbocycles. The van der Waals surface area contributed by atoms with Crippen LogP contribution in [-0.2, 0) is 6.61 Å². The molecule has 0 saturated heterocycles. The molecule has 7 nitrogen and oxygen atoms in total. The fraction of sp³-hybridized carbons (Fsp3) is 0.229. The molecule has 8 heteroatoms. The molecular formula is C35H34ClN3O4. The molecule has 0 saturated carbocycles. The monoisotopic (exact) mass is 595 g/mol. The minimum atomic E-state index is -0.280. The van der Waals surface area contributed by atoms with E-state index in [1.165, 1.54) is 4.68 Å². The number of hydrogen-bond donors (Lipinski definition) is 0. The zero-order chi connectivity index (χ0) is 30.5. The minimum Gasteiger partial charge on any atom is -0.494 e. The van der Waals surface area contributed by atoms with Gasteiger partial charge in [-0.15, -0.1) is 0 Å². The van der Waals surface area contributed by atoms with Gasteiger partial charge < -0.3 is 14.2 Å². The smallest absolute Gasteiger partial charge is 0.282 e. The van der Waals surface area contributed by atoms with Gasteiger partial charge in [0.25, 0.3) is 5.56 Å². The van der Waals surface area contributed by atoms with Gasteiger partial charge in [0, 0.05) is 21.7 Å². The summed E-state index contributed by atoms with van der Waals surface area (Å²) in [7, 11) is 1.58. The quantitative estimate of drug-likeness (QED) is 0.153. The number of nitrogens with zero attached hydrogens (tertiary/aromatic N) is 3. The second-order valence-electron chi connectivity index (χ2n) is 10.4. The van der Waals surface area contributed by atoms with Gasteiger partial charge in [0.2, 0.25) is 0 Å². The Morgan fingerprint density at radius 2 is 1.74 bits per heavy atom. The maximum Gasteiger partial charge on any atom is 0.282 e. The highest BCUT2D eigenvalue weighted by molar-refractivity contribution is 6.31. The number of rotatable bonds is 10. The van der Waals surface area contributed by atoms with Crippen molar-refractivity contribution < 1.29 is 14.2 Å². The van der Waals surface area contributed by atoms with E-state index in [9.17, 15) is 4.79 Å². The number of fused-ring (bicyclic) bond motifs is 1. The van der Waals surface area contributed by atoms with Crippen molar-refractivity contribution in [3.8, 4) is 28.6 Å². The molecule has 5 aromatic rings. The highest BCUT2D eigenvalue weighted by atomic mass is 35.5. The molecule has 1 aromatic heterocycles. The van der Waals surface area contributed by atoms with E-state index >= 15 is 0 Å². The van der Waals surface area contributed by atoms with E-state index in [0.717, 1.165) is 28.0 Å². The molecule has 0 aliphatic rings. The Labute approximate surface area is 256 Å². The topological polar surface area (TPSA) is 74.9 Å². The maximum absolute atomic E-state index is 13.9. The van der Waals surface area contributed by atoms with Gasteiger partial charge in [-0.05, 0) is 73.4 Å². The largest absolute Gasteiger partial charge is 0.494 e. The van der Waals surface area contributed by atoms with Crippen LogP contribution in [0.2, 0.25) is 5.02 Å². The van der Waals surface area contributed by atoms with Gasteiger partial charge in [-0.25, -0.2) is 4.98 Å². The Morgan fingerprint density at radius 1 is 0.977 bits per heavy atom. The number of aromatic nitrogens is 2. The number of ether oxygens (including phenoxy) is 3. The Hall–Kier alpha value is -4.62. The van der Waals surface area contributed by atoms with Crippen LogP contribution in [0, 0.1) is 6.92 Å². The lowest BCUT2D eigenvalue weighted by Crippen LogP contribution is -2.21. The van der Waals surface area contributed by atoms with Gasteiger partial charge in [0.15, 0.2) is 17.3 Å². The molecule has 4 aromatic carbocycles. The highest BCUT2D eigenvalue weighted by Crippen LogP contribution is 2.35. The first-order chi connectivity index (χ1) is 20.8. The van der Waals surface area contributed by atoms with Crippen LogP contribution in [0.4, 0.5) is 0 Å². The molecule has 0 atom stereocenters. The summed E-state index contributed by atoms with van der Waals surface area (Å²) in [5.74, 6) is 2.47. The van der Waals surface area contributed by atoms with Gasteiger partial charge in [0.1, 0.15) is 12.4 Å². The van der Waals surface area contributed by atoms with E-state index in [4.69, 9.17) is 35.9 Å². The van der Waals surface area contributed by atoms with Crippen molar-refractivity contribution in [1.29, 1.82) is 0 Å². The summed E-state index contributed by atoms with van der Waals surface area (Å²) in [5, 5.41) is 5.79. The molecule has 43 heavy (non-hydrogen) atoms. The van der Waals surface area contributed by atoms with Crippen LogP contribution in [-0.4, -0.2) is 29.6 Å². The molecule has 5 rings (SSSR count). The summed E-state index contributed by atoms with van der Waals surface area (Å²) >= 11 is 6.37. The summed E-state index contributed by atoms with van der Waals surface area (Å²) in [6.45, 7) is 8.97. The standard InChI is InChI=1S/C35H34ClN3O4/c1-6-42-32-18-23(4)28(19-27(32)22(2)3)34-38-30-16-10-8-14-26(30)35(40)39(34)37-20-24-13-11-17-31(41-5)33(24)43-21-25-12-7-9-15-29(25)36/h7-20,22H,6,21H2,1-5H3. The van der Waals surface area contributed by atoms with Gasteiger partial charge in [0.05, 0.1) is 30.8 Å². The van der Waals surface area contributed by atoms with E-state index in [1.54, 1.807) is 19.4 Å². The summed E-state index contributed by atoms with van der Waals surface area (Å²) in [5.41, 5.74) is 4.53. The molecular weight excluding hydrogens is 562 g/mol. The Balaban J connectivity index is 1.66. The Morgan fingerprint density at radius 3 is 2.49 bits per heavy atom. The molecule has 0 radical (unpaired) electrons. The third kappa shape index (κ3) is 6.27. The van der Waals surface area contributed by atoms with Crippen LogP contribution >= 0.6 is 11.6 Å². The summed E-state index contributed by atoms with van der Waals surface area (Å²) in [6, 6.07) is 24.4. The summed E-state index contributed by atoms with van der Waals surface area (Å²) in [6.07, 6.45) is 1.60. The van der Waals surface area contributed by atoms with Crippen molar-refractivity contribution >= 4 is 28.7 Å². The molecule has 1 heterocycles. The van der Waals surface area contributed by atoms with E-state index < -0.39 is 0 Å². The van der Waals surface area contributed by atoms with Crippen LogP contribution in [0.5, 0.6) is 17.2 Å². The Kier molecular flexibility index (Phi) is 9.12. The van der Waals surface area contributed by atoms with Gasteiger partial charge in [-0.1, -0.05) is 61.8 Å². The number of methoxy groups -OCH3 is 1. The van der Waals surface area contributed by atoms with E-state index in [-0.39, 0.29) is 18.1 Å². The predicted molar refractivity (Wildman–Crippen MR) is 173 cm³/mol. The molecule has 0 unspecified atom stereocenters. The van der Waals surface area contributed by atoms with Gasteiger partial charge in [-0.3, -0.25) is 4.79 Å². The van der Waals surface area contributed by atoms with Crippen LogP contribution in [0.3, 0.4) is 0 Å². The molecule has 0 amide bonds. The van der Waals surface area contributed by atoms with Gasteiger partial charge >= 0.3 is 0 Å². The summed E-state index contributed by atoms with van der Waals surface area (Å²) < 4.78 is 19.1. The van der Waals surface area contributed by atoms with Crippen molar-refractivity contribution in [2.24, 2.45) is 5.10 Å². The van der Waals surface area contributed by atoms with Crippen molar-refractivity contribution in [3.05, 3.63) is 116 Å². The number of para-hydroxylation sites is 2. The van der Waals surface area contributed by atoms with Crippen LogP contribution in [0.25, 0.3) is 22.3 Å². The third-order valence-corrected chi connectivity index (χ3v) is 7.51. The third-order valence-electron chi connectivity index (χ3n) is 7.14. The second kappa shape index (κ2) is 13.1. The van der Waals surface area contributed by atoms with Crippen molar-refractivity contribution in [1.82, 2.24) is 9.66 Å². The van der Waals surface area contributed by atoms with Crippen molar-refractivity contribution in [2.45, 2.75) is 40.2 Å². The SMILES string of the molecule is CCOc1cc(C)c(-c2nc3ccccc3c(=O)n2N=Cc2cccc(OC)c2OCc2ccccc2Cl)cc1C(C)C. The predicted octanol–water partition coefficient (Wildman–Crippen LogP) is 8.02. The summed E-state index contributed by atoms with van der Waals surface area (Å²) in [4.78, 5) is 18.8. The maximum atomic E-state index is 13.9.